The van der Waals surface area contributed by atoms with Crippen molar-refractivity contribution in [2.75, 3.05) is 19.0 Å². The van der Waals surface area contributed by atoms with Gasteiger partial charge in [-0.05, 0) is 50.3 Å². The van der Waals surface area contributed by atoms with Crippen molar-refractivity contribution < 1.29 is 9.53 Å². The molecule has 1 amide bonds. The average Bonchev–Trinajstić information content (AvgIpc) is 2.69. The molecule has 2 N–H and O–H groups in total. The Morgan fingerprint density at radius 2 is 2.19 bits per heavy atom. The number of hydrogen-bond acceptors (Lipinski definition) is 5. The van der Waals surface area contributed by atoms with Gasteiger partial charge >= 0.3 is 0 Å². The number of nitrogens with zero attached hydrogens (tertiary/aromatic N) is 2. The first-order valence-corrected chi connectivity index (χ1v) is 8.95. The fourth-order valence-electron chi connectivity index (χ4n) is 2.93. The van der Waals surface area contributed by atoms with E-state index in [2.05, 4.69) is 26.7 Å². The Kier molecular flexibility index (Phi) is 6.19. The van der Waals surface area contributed by atoms with Crippen LogP contribution in [0.5, 0.6) is 5.75 Å². The van der Waals surface area contributed by atoms with E-state index in [1.807, 2.05) is 24.3 Å². The van der Waals surface area contributed by atoms with Crippen molar-refractivity contribution in [3.63, 3.8) is 0 Å². The number of ether oxygens (including phenoxy) is 1. The van der Waals surface area contributed by atoms with Crippen molar-refractivity contribution >= 4 is 17.5 Å². The average molecular weight is 352 g/mol. The van der Waals surface area contributed by atoms with Crippen LogP contribution in [0.4, 0.5) is 11.6 Å². The standard InChI is InChI=1S/C20H24N4O2/c1-26-17-9-5-8-16(14-17)23-20-22-13-11-18(24-20)19(25)21-12-10-15-6-3-2-4-7-15/h5-6,8-9,11,13-14H,2-4,7,10,12H2,1H3,(H,21,25)(H,22,23,24). The number of rotatable bonds is 7. The van der Waals surface area contributed by atoms with Gasteiger partial charge in [0.25, 0.3) is 5.91 Å². The fraction of sp³-hybridized carbons (Fsp3) is 0.350. The molecule has 0 aliphatic heterocycles. The van der Waals surface area contributed by atoms with Crippen molar-refractivity contribution in [1.82, 2.24) is 15.3 Å². The van der Waals surface area contributed by atoms with E-state index in [1.54, 1.807) is 19.4 Å². The summed E-state index contributed by atoms with van der Waals surface area (Å²) in [4.78, 5) is 20.8. The third kappa shape index (κ3) is 5.05. The van der Waals surface area contributed by atoms with Gasteiger partial charge in [0.1, 0.15) is 11.4 Å². The maximum atomic E-state index is 12.3. The van der Waals surface area contributed by atoms with E-state index in [1.165, 1.54) is 18.4 Å². The molecule has 0 spiro atoms. The summed E-state index contributed by atoms with van der Waals surface area (Å²) in [7, 11) is 1.62. The second-order valence-electron chi connectivity index (χ2n) is 6.24. The first kappa shape index (κ1) is 17.9. The highest BCUT2D eigenvalue weighted by atomic mass is 16.5. The highest BCUT2D eigenvalue weighted by molar-refractivity contribution is 5.92. The molecule has 0 atom stereocenters. The SMILES string of the molecule is COc1cccc(Nc2nccc(C(=O)NCCC3=CCCCC3)n2)c1. The van der Waals surface area contributed by atoms with E-state index in [-0.39, 0.29) is 5.91 Å². The van der Waals surface area contributed by atoms with Gasteiger partial charge in [0, 0.05) is 24.5 Å². The molecule has 1 aromatic carbocycles. The largest absolute Gasteiger partial charge is 0.497 e. The zero-order valence-corrected chi connectivity index (χ0v) is 15.0. The van der Waals surface area contributed by atoms with Gasteiger partial charge in [-0.1, -0.05) is 17.7 Å². The van der Waals surface area contributed by atoms with Crippen LogP contribution in [0, 0.1) is 0 Å². The molecule has 2 aromatic rings. The highest BCUT2D eigenvalue weighted by Crippen LogP contribution is 2.20. The summed E-state index contributed by atoms with van der Waals surface area (Å²) in [6.07, 6.45) is 9.63. The van der Waals surface area contributed by atoms with E-state index in [4.69, 9.17) is 4.74 Å². The number of allylic oxidation sites excluding steroid dienone is 1. The van der Waals surface area contributed by atoms with Crippen LogP contribution in [0.2, 0.25) is 0 Å². The minimum absolute atomic E-state index is 0.183. The number of hydrogen-bond donors (Lipinski definition) is 2. The summed E-state index contributed by atoms with van der Waals surface area (Å²) in [6, 6.07) is 9.08. The molecule has 0 saturated carbocycles. The predicted octanol–water partition coefficient (Wildman–Crippen LogP) is 3.85. The minimum Gasteiger partial charge on any atom is -0.497 e. The molecule has 1 aromatic heterocycles. The molecule has 1 aliphatic carbocycles. The molecule has 26 heavy (non-hydrogen) atoms. The van der Waals surface area contributed by atoms with E-state index in [0.717, 1.165) is 30.7 Å². The Morgan fingerprint density at radius 1 is 1.27 bits per heavy atom. The van der Waals surface area contributed by atoms with Crippen LogP contribution in [0.3, 0.4) is 0 Å². The molecular formula is C20H24N4O2. The summed E-state index contributed by atoms with van der Waals surface area (Å²) in [5.41, 5.74) is 2.59. The second-order valence-corrected chi connectivity index (χ2v) is 6.24. The van der Waals surface area contributed by atoms with Gasteiger partial charge in [0.15, 0.2) is 0 Å². The lowest BCUT2D eigenvalue weighted by molar-refractivity contribution is 0.0949. The molecule has 6 heteroatoms. The van der Waals surface area contributed by atoms with Crippen molar-refractivity contribution in [2.24, 2.45) is 0 Å². The maximum absolute atomic E-state index is 12.3. The summed E-state index contributed by atoms with van der Waals surface area (Å²) in [5, 5.41) is 6.03. The van der Waals surface area contributed by atoms with Gasteiger partial charge in [-0.2, -0.15) is 0 Å². The van der Waals surface area contributed by atoms with Crippen molar-refractivity contribution in [1.29, 1.82) is 0 Å². The Hall–Kier alpha value is -2.89. The Bertz CT molecular complexity index is 789. The van der Waals surface area contributed by atoms with Crippen LogP contribution < -0.4 is 15.4 Å². The molecule has 0 saturated heterocycles. The van der Waals surface area contributed by atoms with Crippen LogP contribution in [-0.4, -0.2) is 29.5 Å². The van der Waals surface area contributed by atoms with E-state index in [9.17, 15) is 4.79 Å². The van der Waals surface area contributed by atoms with Crippen LogP contribution in [-0.2, 0) is 0 Å². The molecule has 0 unspecified atom stereocenters. The number of nitrogens with one attached hydrogen (secondary N) is 2. The highest BCUT2D eigenvalue weighted by Gasteiger charge is 2.10. The van der Waals surface area contributed by atoms with E-state index >= 15 is 0 Å². The molecule has 0 bridgehead atoms. The molecule has 0 fully saturated rings. The van der Waals surface area contributed by atoms with E-state index < -0.39 is 0 Å². The van der Waals surface area contributed by atoms with Gasteiger partial charge in [-0.3, -0.25) is 4.79 Å². The molecule has 0 radical (unpaired) electrons. The molecule has 3 rings (SSSR count). The number of benzene rings is 1. The number of amides is 1. The Balaban J connectivity index is 1.57. The van der Waals surface area contributed by atoms with Crippen LogP contribution in [0.15, 0.2) is 48.2 Å². The smallest absolute Gasteiger partial charge is 0.270 e. The zero-order chi connectivity index (χ0) is 18.2. The molecule has 136 valence electrons. The molecular weight excluding hydrogens is 328 g/mol. The fourth-order valence-corrected chi connectivity index (χ4v) is 2.93. The summed E-state index contributed by atoms with van der Waals surface area (Å²) in [5.74, 6) is 0.930. The quantitative estimate of drug-likeness (QED) is 0.740. The summed E-state index contributed by atoms with van der Waals surface area (Å²) in [6.45, 7) is 0.632. The number of carbonyl (C=O) groups is 1. The Labute approximate surface area is 153 Å². The predicted molar refractivity (Wildman–Crippen MR) is 102 cm³/mol. The topological polar surface area (TPSA) is 76.1 Å². The van der Waals surface area contributed by atoms with Crippen LogP contribution in [0.1, 0.15) is 42.6 Å². The lowest BCUT2D eigenvalue weighted by Crippen LogP contribution is -2.26. The molecule has 1 heterocycles. The summed E-state index contributed by atoms with van der Waals surface area (Å²) >= 11 is 0. The molecule has 1 aliphatic rings. The van der Waals surface area contributed by atoms with E-state index in [0.29, 0.717) is 18.2 Å². The third-order valence-corrected chi connectivity index (χ3v) is 4.33. The third-order valence-electron chi connectivity index (χ3n) is 4.33. The minimum atomic E-state index is -0.183. The number of methoxy groups -OCH3 is 1. The van der Waals surface area contributed by atoms with Crippen LogP contribution >= 0.6 is 0 Å². The molecule has 6 nitrogen and oxygen atoms in total. The number of carbonyl (C=O) groups excluding carboxylic acids is 1. The van der Waals surface area contributed by atoms with Gasteiger partial charge < -0.3 is 15.4 Å². The van der Waals surface area contributed by atoms with Gasteiger partial charge in [-0.25, -0.2) is 9.97 Å². The van der Waals surface area contributed by atoms with Crippen molar-refractivity contribution in [3.05, 3.63) is 53.9 Å². The maximum Gasteiger partial charge on any atom is 0.270 e. The normalized spacial score (nSPS) is 13.7. The summed E-state index contributed by atoms with van der Waals surface area (Å²) < 4.78 is 5.20. The monoisotopic (exact) mass is 352 g/mol. The van der Waals surface area contributed by atoms with Gasteiger partial charge in [0.2, 0.25) is 5.95 Å². The zero-order valence-electron chi connectivity index (χ0n) is 15.0. The lowest BCUT2D eigenvalue weighted by atomic mass is 9.97. The first-order valence-electron chi connectivity index (χ1n) is 8.95. The van der Waals surface area contributed by atoms with Gasteiger partial charge in [-0.15, -0.1) is 0 Å². The number of anilines is 2. The van der Waals surface area contributed by atoms with Gasteiger partial charge in [0.05, 0.1) is 7.11 Å². The second kappa shape index (κ2) is 8.99. The number of aromatic nitrogens is 2. The lowest BCUT2D eigenvalue weighted by Gasteiger charge is -2.13. The first-order chi connectivity index (χ1) is 12.7. The van der Waals surface area contributed by atoms with Crippen molar-refractivity contribution in [2.45, 2.75) is 32.1 Å². The van der Waals surface area contributed by atoms with Crippen LogP contribution in [0.25, 0.3) is 0 Å². The van der Waals surface area contributed by atoms with Crippen molar-refractivity contribution in [3.8, 4) is 5.75 Å². The Morgan fingerprint density at radius 3 is 3.00 bits per heavy atom.